The van der Waals surface area contributed by atoms with E-state index in [1.165, 1.54) is 11.8 Å². The maximum atomic E-state index is 14.0. The number of carbonyl (C=O) groups excluding carboxylic acids is 1. The van der Waals surface area contributed by atoms with Crippen molar-refractivity contribution in [3.8, 4) is 0 Å². The highest BCUT2D eigenvalue weighted by Gasteiger charge is 2.47. The minimum absolute atomic E-state index is 0.0527. The van der Waals surface area contributed by atoms with E-state index in [2.05, 4.69) is 36.4 Å². The molecule has 0 unspecified atom stereocenters. The van der Waals surface area contributed by atoms with E-state index >= 15 is 0 Å². The summed E-state index contributed by atoms with van der Waals surface area (Å²) in [5.41, 5.74) is 1.84. The fraction of sp³-hybridized carbons (Fsp3) is 0.448. The average molecular weight is 498 g/mol. The summed E-state index contributed by atoms with van der Waals surface area (Å²) >= 11 is 0. The van der Waals surface area contributed by atoms with Crippen molar-refractivity contribution < 1.29 is 18.0 Å². The van der Waals surface area contributed by atoms with E-state index in [1.54, 1.807) is 24.3 Å². The number of nitrogens with zero attached hydrogens (tertiary/aromatic N) is 2. The van der Waals surface area contributed by atoms with Crippen molar-refractivity contribution >= 4 is 11.6 Å². The molecule has 36 heavy (non-hydrogen) atoms. The average Bonchev–Trinajstić information content (AvgIpc) is 3.27. The third kappa shape index (κ3) is 5.66. The van der Waals surface area contributed by atoms with Gasteiger partial charge in [0.25, 0.3) is 0 Å². The molecule has 2 aromatic carbocycles. The summed E-state index contributed by atoms with van der Waals surface area (Å²) in [5, 5.41) is 7.21. The van der Waals surface area contributed by atoms with Crippen LogP contribution in [0.5, 0.6) is 0 Å². The fourth-order valence-electron chi connectivity index (χ4n) is 4.97. The molecule has 0 radical (unpaired) electrons. The summed E-state index contributed by atoms with van der Waals surface area (Å²) in [6, 6.07) is 17.0. The Morgan fingerprint density at radius 2 is 1.58 bits per heavy atom. The molecule has 7 heteroatoms. The highest BCUT2D eigenvalue weighted by molar-refractivity contribution is 6.00. The first-order valence-electron chi connectivity index (χ1n) is 12.4. The van der Waals surface area contributed by atoms with E-state index in [-0.39, 0.29) is 40.8 Å². The smallest absolute Gasteiger partial charge is 0.363 e. The number of fused-ring (bicyclic) bond motifs is 1. The number of benzene rings is 2. The highest BCUT2D eigenvalue weighted by atomic mass is 19.4. The Kier molecular flexibility index (Phi) is 7.04. The van der Waals surface area contributed by atoms with Crippen molar-refractivity contribution in [1.82, 2.24) is 9.78 Å². The van der Waals surface area contributed by atoms with E-state index in [0.717, 1.165) is 23.1 Å². The Labute approximate surface area is 210 Å². The molecule has 1 N–H and O–H groups in total. The lowest BCUT2D eigenvalue weighted by Crippen LogP contribution is -2.36. The van der Waals surface area contributed by atoms with Gasteiger partial charge in [-0.15, -0.1) is 0 Å². The first-order valence-corrected chi connectivity index (χ1v) is 12.4. The molecule has 0 saturated heterocycles. The molecule has 0 aliphatic carbocycles. The molecule has 1 aliphatic heterocycles. The molecule has 1 aliphatic rings. The molecule has 4 nitrogen and oxygen atoms in total. The third-order valence-electron chi connectivity index (χ3n) is 7.36. The van der Waals surface area contributed by atoms with Crippen molar-refractivity contribution in [3.63, 3.8) is 0 Å². The number of hydrogen-bond donors (Lipinski definition) is 1. The van der Waals surface area contributed by atoms with Gasteiger partial charge in [0.05, 0.1) is 17.8 Å². The molecule has 2 atom stereocenters. The Bertz CT molecular complexity index is 1180. The number of Topliss-reactive ketones (excluding diaryl/α,β-unsaturated/α-hetero) is 1. The molecular weight excluding hydrogens is 463 g/mol. The van der Waals surface area contributed by atoms with Crippen LogP contribution in [0.4, 0.5) is 19.0 Å². The highest BCUT2D eigenvalue weighted by Crippen LogP contribution is 2.45. The van der Waals surface area contributed by atoms with Crippen LogP contribution in [-0.4, -0.2) is 21.7 Å². The van der Waals surface area contributed by atoms with Crippen LogP contribution in [0.1, 0.15) is 86.9 Å². The number of hydrogen-bond acceptors (Lipinski definition) is 3. The number of nitrogens with one attached hydrogen (secondary N) is 1. The minimum atomic E-state index is -4.47. The number of anilines is 1. The van der Waals surface area contributed by atoms with Gasteiger partial charge >= 0.3 is 6.18 Å². The molecule has 192 valence electrons. The van der Waals surface area contributed by atoms with E-state index in [9.17, 15) is 18.0 Å². The van der Waals surface area contributed by atoms with Crippen LogP contribution in [0.15, 0.2) is 66.9 Å². The number of ketones is 1. The molecule has 4 rings (SSSR count). The van der Waals surface area contributed by atoms with E-state index in [1.807, 2.05) is 38.1 Å². The number of aromatic nitrogens is 2. The topological polar surface area (TPSA) is 46.9 Å². The Hall–Kier alpha value is -3.09. The summed E-state index contributed by atoms with van der Waals surface area (Å²) in [5.74, 6) is -0.0382. The summed E-state index contributed by atoms with van der Waals surface area (Å²) in [7, 11) is 0. The van der Waals surface area contributed by atoms with Gasteiger partial charge < -0.3 is 5.32 Å². The maximum absolute atomic E-state index is 14.0. The summed E-state index contributed by atoms with van der Waals surface area (Å²) in [6.45, 7) is 8.47. The van der Waals surface area contributed by atoms with E-state index < -0.39 is 18.3 Å². The largest absolute Gasteiger partial charge is 0.410 e. The first kappa shape index (κ1) is 26.0. The second-order valence-corrected chi connectivity index (χ2v) is 11.3. The zero-order valence-corrected chi connectivity index (χ0v) is 21.3. The van der Waals surface area contributed by atoms with Crippen molar-refractivity contribution in [2.45, 2.75) is 77.1 Å². The summed E-state index contributed by atoms with van der Waals surface area (Å²) < 4.78 is 42.8. The van der Waals surface area contributed by atoms with Gasteiger partial charge in [0.15, 0.2) is 11.8 Å². The van der Waals surface area contributed by atoms with Crippen molar-refractivity contribution in [1.29, 1.82) is 0 Å². The van der Waals surface area contributed by atoms with Gasteiger partial charge in [-0.25, -0.2) is 4.68 Å². The zero-order valence-electron chi connectivity index (χ0n) is 21.3. The van der Waals surface area contributed by atoms with E-state index in [4.69, 9.17) is 0 Å². The van der Waals surface area contributed by atoms with Gasteiger partial charge in [0.2, 0.25) is 0 Å². The molecule has 3 aromatic rings. The quantitative estimate of drug-likeness (QED) is 0.322. The van der Waals surface area contributed by atoms with Crippen molar-refractivity contribution in [3.05, 3.63) is 83.6 Å². The molecule has 0 spiro atoms. The number of alkyl halides is 3. The molecule has 0 amide bonds. The van der Waals surface area contributed by atoms with Crippen LogP contribution in [0.2, 0.25) is 0 Å². The summed E-state index contributed by atoms with van der Waals surface area (Å²) in [4.78, 5) is 13.4. The summed E-state index contributed by atoms with van der Waals surface area (Å²) in [6.07, 6.45) is -1.46. The van der Waals surface area contributed by atoms with E-state index in [0.29, 0.717) is 0 Å². The van der Waals surface area contributed by atoms with Gasteiger partial charge in [0.1, 0.15) is 5.82 Å². The second kappa shape index (κ2) is 9.75. The fourth-order valence-corrected chi connectivity index (χ4v) is 4.97. The lowest BCUT2D eigenvalue weighted by molar-refractivity contribution is -0.173. The van der Waals surface area contributed by atoms with Crippen LogP contribution >= 0.6 is 0 Å². The predicted octanol–water partition coefficient (Wildman–Crippen LogP) is 7.90. The molecule has 2 heterocycles. The van der Waals surface area contributed by atoms with Crippen LogP contribution in [-0.2, 0) is 5.41 Å². The number of rotatable bonds is 8. The Morgan fingerprint density at radius 1 is 0.972 bits per heavy atom. The van der Waals surface area contributed by atoms with Gasteiger partial charge in [-0.1, -0.05) is 88.4 Å². The zero-order chi connectivity index (χ0) is 26.1. The Balaban J connectivity index is 1.53. The minimum Gasteiger partial charge on any atom is -0.363 e. The van der Waals surface area contributed by atoms with Gasteiger partial charge in [-0.3, -0.25) is 4.79 Å². The van der Waals surface area contributed by atoms with Crippen LogP contribution in [0, 0.1) is 5.41 Å². The Morgan fingerprint density at radius 3 is 2.19 bits per heavy atom. The molecule has 0 fully saturated rings. The maximum Gasteiger partial charge on any atom is 0.410 e. The van der Waals surface area contributed by atoms with Crippen LogP contribution in [0.25, 0.3) is 0 Å². The first-order chi connectivity index (χ1) is 16.9. The lowest BCUT2D eigenvalue weighted by Gasteiger charge is -2.34. The number of carbonyl (C=O) groups is 1. The van der Waals surface area contributed by atoms with Crippen molar-refractivity contribution in [2.24, 2.45) is 5.41 Å². The van der Waals surface area contributed by atoms with Gasteiger partial charge in [-0.2, -0.15) is 18.3 Å². The van der Waals surface area contributed by atoms with Gasteiger partial charge in [-0.05, 0) is 34.8 Å². The molecule has 1 aromatic heterocycles. The monoisotopic (exact) mass is 497 g/mol. The van der Waals surface area contributed by atoms with Crippen LogP contribution < -0.4 is 5.32 Å². The SMILES string of the molecule is CC(C)(CCC(C)(C)c1ccccc1)CC(=O)c1cnn2c1N[C@@H](c1ccccc1)C[C@H]2C(F)(F)F. The third-order valence-corrected chi connectivity index (χ3v) is 7.36. The second-order valence-electron chi connectivity index (χ2n) is 11.3. The van der Waals surface area contributed by atoms with Crippen LogP contribution in [0.3, 0.4) is 0 Å². The lowest BCUT2D eigenvalue weighted by atomic mass is 9.73. The molecular formula is C29H34F3N3O. The molecule has 0 saturated carbocycles. The van der Waals surface area contributed by atoms with Crippen molar-refractivity contribution in [2.75, 3.05) is 5.32 Å². The standard InChI is InChI=1S/C29H34F3N3O/c1-27(2,15-16-28(3,4)21-13-9-6-10-14-21)18-24(36)22-19-33-35-25(29(30,31)32)17-23(34-26(22)35)20-11-7-5-8-12-20/h5-14,19,23,25,34H,15-18H2,1-4H3/t23-,25+/m1/s1. The normalized spacial score (nSPS) is 18.4. The molecule has 0 bridgehead atoms. The number of halogens is 3. The predicted molar refractivity (Wildman–Crippen MR) is 136 cm³/mol. The van der Waals surface area contributed by atoms with Gasteiger partial charge in [0, 0.05) is 12.8 Å².